The number of rotatable bonds is 8. The molecule has 2 amide bonds. The van der Waals surface area contributed by atoms with E-state index in [0.29, 0.717) is 50.0 Å². The molecule has 0 saturated heterocycles. The topological polar surface area (TPSA) is 116 Å². The van der Waals surface area contributed by atoms with Gasteiger partial charge in [-0.05, 0) is 62.4 Å². The van der Waals surface area contributed by atoms with Crippen LogP contribution in [0.15, 0.2) is 87.0 Å². The fraction of sp³-hybridized carbons (Fsp3) is 0.179. The van der Waals surface area contributed by atoms with Crippen LogP contribution in [0.3, 0.4) is 0 Å². The summed E-state index contributed by atoms with van der Waals surface area (Å²) in [4.78, 5) is 26.2. The van der Waals surface area contributed by atoms with Gasteiger partial charge in [-0.2, -0.15) is 5.26 Å². The molecule has 8 nitrogen and oxygen atoms in total. The van der Waals surface area contributed by atoms with Crippen molar-refractivity contribution in [3.63, 3.8) is 0 Å². The average molecular weight is 549 g/mol. The number of aryl methyl sites for hydroxylation is 1. The minimum atomic E-state index is -0.772. The van der Waals surface area contributed by atoms with E-state index in [2.05, 4.69) is 22.0 Å². The van der Waals surface area contributed by atoms with E-state index in [1.165, 1.54) is 18.9 Å². The predicted octanol–water partition coefficient (Wildman–Crippen LogP) is 5.96. The molecule has 194 valence electrons. The summed E-state index contributed by atoms with van der Waals surface area (Å²) >= 11 is 7.08. The average Bonchev–Trinajstić information content (AvgIpc) is 3.34. The number of ether oxygens (including phenoxy) is 1. The Balaban J connectivity index is 1.61. The van der Waals surface area contributed by atoms with Crippen molar-refractivity contribution in [1.82, 2.24) is 5.32 Å². The Kier molecular flexibility index (Phi) is 8.46. The number of nitrogens with zero attached hydrogens (tertiary/aromatic N) is 1. The zero-order valence-corrected chi connectivity index (χ0v) is 22.5. The van der Waals surface area contributed by atoms with Crippen LogP contribution in [0.4, 0.5) is 11.4 Å². The molecule has 1 aliphatic rings. The number of anilines is 2. The van der Waals surface area contributed by atoms with Crippen molar-refractivity contribution in [2.24, 2.45) is 0 Å². The molecule has 0 fully saturated rings. The number of halogens is 1. The first kappa shape index (κ1) is 26.9. The second-order valence-electron chi connectivity index (χ2n) is 8.40. The molecule has 0 bridgehead atoms. The van der Waals surface area contributed by atoms with Gasteiger partial charge < -0.3 is 25.1 Å². The Labute approximate surface area is 229 Å². The van der Waals surface area contributed by atoms with E-state index in [9.17, 15) is 14.9 Å². The van der Waals surface area contributed by atoms with Crippen LogP contribution < -0.4 is 20.7 Å². The number of amides is 2. The Bertz CT molecular complexity index is 1470. The minimum Gasteiger partial charge on any atom is -0.495 e. The maximum atomic E-state index is 13.6. The van der Waals surface area contributed by atoms with Gasteiger partial charge in [0, 0.05) is 16.4 Å². The number of methoxy groups -OCH3 is 1. The largest absolute Gasteiger partial charge is 0.495 e. The highest BCUT2D eigenvalue weighted by Gasteiger charge is 2.37. The zero-order valence-electron chi connectivity index (χ0n) is 20.9. The predicted molar refractivity (Wildman–Crippen MR) is 149 cm³/mol. The number of furan rings is 1. The molecule has 1 aliphatic heterocycles. The van der Waals surface area contributed by atoms with Crippen LogP contribution in [0.2, 0.25) is 5.02 Å². The lowest BCUT2D eigenvalue weighted by atomic mass is 9.85. The van der Waals surface area contributed by atoms with Crippen molar-refractivity contribution in [2.45, 2.75) is 19.8 Å². The molecule has 3 N–H and O–H groups in total. The summed E-state index contributed by atoms with van der Waals surface area (Å²) in [6.45, 7) is 3.55. The number of nitriles is 1. The number of thioether (sulfide) groups is 1. The van der Waals surface area contributed by atoms with Crippen molar-refractivity contribution in [2.75, 3.05) is 23.5 Å². The number of nitrogens with one attached hydrogen (secondary N) is 3. The smallest absolute Gasteiger partial charge is 0.254 e. The number of benzene rings is 2. The first-order chi connectivity index (χ1) is 18.3. The van der Waals surface area contributed by atoms with E-state index in [0.717, 1.165) is 0 Å². The summed E-state index contributed by atoms with van der Waals surface area (Å²) in [7, 11) is 1.52. The Morgan fingerprint density at radius 2 is 1.84 bits per heavy atom. The SMILES string of the molecule is COc1ccccc1NC(=O)C1=C(C)NC(SCC(=O)Nc2ccc(Cl)cc2)=C(C#N)C1c1ccc(C)o1. The van der Waals surface area contributed by atoms with Crippen LogP contribution in [0.5, 0.6) is 5.75 Å². The Morgan fingerprint density at radius 1 is 1.11 bits per heavy atom. The molecular weight excluding hydrogens is 524 g/mol. The summed E-state index contributed by atoms with van der Waals surface area (Å²) in [6.07, 6.45) is 0. The number of dihydropyridines is 1. The molecule has 4 rings (SSSR count). The van der Waals surface area contributed by atoms with Crippen molar-refractivity contribution in [3.8, 4) is 11.8 Å². The Morgan fingerprint density at radius 3 is 2.50 bits per heavy atom. The molecule has 1 atom stereocenters. The molecule has 0 spiro atoms. The monoisotopic (exact) mass is 548 g/mol. The highest BCUT2D eigenvalue weighted by Crippen LogP contribution is 2.42. The number of carbonyl (C=O) groups excluding carboxylic acids is 2. The normalized spacial score (nSPS) is 15.0. The van der Waals surface area contributed by atoms with E-state index in [-0.39, 0.29) is 17.2 Å². The molecule has 0 aliphatic carbocycles. The first-order valence-electron chi connectivity index (χ1n) is 11.6. The third kappa shape index (κ3) is 6.05. The molecule has 10 heteroatoms. The fourth-order valence-corrected chi connectivity index (χ4v) is 5.04. The molecule has 1 aromatic heterocycles. The molecule has 2 aromatic carbocycles. The van der Waals surface area contributed by atoms with Crippen molar-refractivity contribution < 1.29 is 18.7 Å². The maximum Gasteiger partial charge on any atom is 0.254 e. The summed E-state index contributed by atoms with van der Waals surface area (Å²) in [5, 5.41) is 20.1. The van der Waals surface area contributed by atoms with Gasteiger partial charge in [0.05, 0.1) is 46.7 Å². The maximum absolute atomic E-state index is 13.6. The number of allylic oxidation sites excluding steroid dienone is 2. The van der Waals surface area contributed by atoms with Gasteiger partial charge in [-0.15, -0.1) is 0 Å². The summed E-state index contributed by atoms with van der Waals surface area (Å²) in [5.41, 5.74) is 2.25. The highest BCUT2D eigenvalue weighted by atomic mass is 35.5. The molecule has 3 aromatic rings. The first-order valence-corrected chi connectivity index (χ1v) is 13.0. The molecule has 1 unspecified atom stereocenters. The van der Waals surface area contributed by atoms with Gasteiger partial charge in [0.2, 0.25) is 5.91 Å². The van der Waals surface area contributed by atoms with Crippen LogP contribution in [-0.2, 0) is 9.59 Å². The molecule has 0 radical (unpaired) electrons. The van der Waals surface area contributed by atoms with Crippen LogP contribution in [-0.4, -0.2) is 24.7 Å². The van der Waals surface area contributed by atoms with E-state index in [1.807, 2.05) is 0 Å². The highest BCUT2D eigenvalue weighted by molar-refractivity contribution is 8.03. The quantitative estimate of drug-likeness (QED) is 0.318. The standard InChI is InChI=1S/C28H25ClN4O4S/c1-16-8-13-23(37-16)26-20(14-30)28(38-15-24(34)32-19-11-9-18(29)10-12-19)31-17(2)25(26)27(35)33-21-6-4-5-7-22(21)36-3/h4-13,26,31H,15H2,1-3H3,(H,32,34)(H,33,35). The third-order valence-corrected chi connectivity index (χ3v) is 7.04. The fourth-order valence-electron chi connectivity index (χ4n) is 4.03. The molecule has 2 heterocycles. The van der Waals surface area contributed by atoms with Gasteiger partial charge in [-0.1, -0.05) is 35.5 Å². The van der Waals surface area contributed by atoms with Crippen LogP contribution in [0.1, 0.15) is 24.4 Å². The Hall–Kier alpha value is -4.13. The second kappa shape index (κ2) is 11.9. The number of hydrogen-bond donors (Lipinski definition) is 3. The van der Waals surface area contributed by atoms with E-state index >= 15 is 0 Å². The molecule has 38 heavy (non-hydrogen) atoms. The van der Waals surface area contributed by atoms with E-state index in [4.69, 9.17) is 20.8 Å². The van der Waals surface area contributed by atoms with Crippen LogP contribution in [0.25, 0.3) is 0 Å². The minimum absolute atomic E-state index is 0.0378. The second-order valence-corrected chi connectivity index (χ2v) is 9.82. The van der Waals surface area contributed by atoms with E-state index < -0.39 is 11.8 Å². The molecular formula is C28H25ClN4O4S. The lowest BCUT2D eigenvalue weighted by Gasteiger charge is -2.28. The van der Waals surface area contributed by atoms with Gasteiger partial charge in [-0.25, -0.2) is 0 Å². The molecule has 0 saturated carbocycles. The van der Waals surface area contributed by atoms with Crippen LogP contribution in [0, 0.1) is 18.3 Å². The third-order valence-electron chi connectivity index (χ3n) is 5.77. The summed E-state index contributed by atoms with van der Waals surface area (Å²) in [5.74, 6) is 0.212. The van der Waals surface area contributed by atoms with Gasteiger partial charge in [-0.3, -0.25) is 9.59 Å². The number of para-hydroxylation sites is 2. The zero-order chi connectivity index (χ0) is 27.2. The summed E-state index contributed by atoms with van der Waals surface area (Å²) < 4.78 is 11.3. The van der Waals surface area contributed by atoms with Gasteiger partial charge >= 0.3 is 0 Å². The van der Waals surface area contributed by atoms with Gasteiger partial charge in [0.25, 0.3) is 5.91 Å². The van der Waals surface area contributed by atoms with E-state index in [1.54, 1.807) is 74.5 Å². The number of hydrogen-bond acceptors (Lipinski definition) is 7. The van der Waals surface area contributed by atoms with Gasteiger partial charge in [0.1, 0.15) is 17.3 Å². The van der Waals surface area contributed by atoms with Crippen molar-refractivity contribution in [1.29, 1.82) is 5.26 Å². The number of carbonyl (C=O) groups is 2. The van der Waals surface area contributed by atoms with Gasteiger partial charge in [0.15, 0.2) is 0 Å². The van der Waals surface area contributed by atoms with Crippen molar-refractivity contribution in [3.05, 3.63) is 99.1 Å². The summed E-state index contributed by atoms with van der Waals surface area (Å²) in [6, 6.07) is 19.6. The lowest BCUT2D eigenvalue weighted by molar-refractivity contribution is -0.114. The lowest BCUT2D eigenvalue weighted by Crippen LogP contribution is -2.31. The van der Waals surface area contributed by atoms with Crippen LogP contribution >= 0.6 is 23.4 Å². The van der Waals surface area contributed by atoms with Crippen molar-refractivity contribution >= 4 is 46.6 Å².